The van der Waals surface area contributed by atoms with Crippen LogP contribution in [-0.2, 0) is 18.1 Å². The van der Waals surface area contributed by atoms with Crippen molar-refractivity contribution in [2.75, 3.05) is 0 Å². The maximum Gasteiger partial charge on any atom is 0.416 e. The predicted octanol–water partition coefficient (Wildman–Crippen LogP) is 5.94. The monoisotopic (exact) mass is 422 g/mol. The molecule has 21 heavy (non-hydrogen) atoms. The van der Waals surface area contributed by atoms with E-state index in [0.717, 1.165) is 22.2 Å². The number of rotatable bonds is 4. The van der Waals surface area contributed by atoms with Crippen molar-refractivity contribution in [2.24, 2.45) is 0 Å². The van der Waals surface area contributed by atoms with Crippen molar-refractivity contribution < 1.29 is 17.9 Å². The van der Waals surface area contributed by atoms with Gasteiger partial charge in [0.15, 0.2) is 0 Å². The van der Waals surface area contributed by atoms with Crippen molar-refractivity contribution in [2.45, 2.75) is 18.1 Å². The summed E-state index contributed by atoms with van der Waals surface area (Å²) in [5, 5.41) is 0.661. The number of hydrogen-bond donors (Lipinski definition) is 0. The van der Waals surface area contributed by atoms with Gasteiger partial charge in [0, 0.05) is 9.80 Å². The van der Waals surface area contributed by atoms with Crippen LogP contribution in [0.5, 0.6) is 5.75 Å². The number of hydrogen-bond acceptors (Lipinski definition) is 1. The predicted molar refractivity (Wildman–Crippen MR) is 82.5 cm³/mol. The van der Waals surface area contributed by atoms with Crippen molar-refractivity contribution in [1.82, 2.24) is 0 Å². The second kappa shape index (κ2) is 6.83. The Balaban J connectivity index is 2.10. The highest BCUT2D eigenvalue weighted by Crippen LogP contribution is 2.30. The molecule has 0 aliphatic heterocycles. The van der Waals surface area contributed by atoms with Gasteiger partial charge < -0.3 is 4.74 Å². The Morgan fingerprint density at radius 2 is 1.81 bits per heavy atom. The molecule has 0 atom stereocenters. The molecule has 0 aliphatic rings. The Kier molecular flexibility index (Phi) is 5.32. The first kappa shape index (κ1) is 16.4. The van der Waals surface area contributed by atoms with Crippen LogP contribution in [0, 0.1) is 0 Å². The van der Waals surface area contributed by atoms with E-state index in [0.29, 0.717) is 16.6 Å². The standard InChI is InChI=1S/C15H11Br2F3O/c16-8-11-7-13(4-5-14(11)17)21-9-10-2-1-3-12(6-10)15(18,19)20/h1-7H,8-9H2. The molecule has 0 saturated heterocycles. The second-order valence-electron chi connectivity index (χ2n) is 4.37. The zero-order chi connectivity index (χ0) is 15.5. The van der Waals surface area contributed by atoms with Gasteiger partial charge in [-0.15, -0.1) is 0 Å². The molecule has 0 amide bonds. The van der Waals surface area contributed by atoms with E-state index in [2.05, 4.69) is 31.9 Å². The topological polar surface area (TPSA) is 9.23 Å². The molecule has 0 bridgehead atoms. The normalized spacial score (nSPS) is 11.5. The zero-order valence-electron chi connectivity index (χ0n) is 10.8. The summed E-state index contributed by atoms with van der Waals surface area (Å²) in [4.78, 5) is 0. The molecule has 0 aromatic heterocycles. The average Bonchev–Trinajstić information content (AvgIpc) is 2.46. The molecule has 1 nitrogen and oxygen atoms in total. The summed E-state index contributed by atoms with van der Waals surface area (Å²) in [5.41, 5.74) is 0.824. The summed E-state index contributed by atoms with van der Waals surface area (Å²) < 4.78 is 44.4. The molecule has 0 fully saturated rings. The highest BCUT2D eigenvalue weighted by Gasteiger charge is 2.30. The van der Waals surface area contributed by atoms with Crippen LogP contribution in [0.25, 0.3) is 0 Å². The van der Waals surface area contributed by atoms with Gasteiger partial charge in [-0.3, -0.25) is 0 Å². The molecule has 0 saturated carbocycles. The largest absolute Gasteiger partial charge is 0.489 e. The van der Waals surface area contributed by atoms with Crippen LogP contribution >= 0.6 is 31.9 Å². The first-order chi connectivity index (χ1) is 9.90. The smallest absolute Gasteiger partial charge is 0.416 e. The van der Waals surface area contributed by atoms with E-state index in [-0.39, 0.29) is 6.61 Å². The van der Waals surface area contributed by atoms with E-state index in [1.54, 1.807) is 12.1 Å². The molecule has 0 aliphatic carbocycles. The number of halogens is 5. The van der Waals surface area contributed by atoms with Gasteiger partial charge >= 0.3 is 6.18 Å². The van der Waals surface area contributed by atoms with Crippen LogP contribution in [0.1, 0.15) is 16.7 Å². The van der Waals surface area contributed by atoms with E-state index < -0.39 is 11.7 Å². The van der Waals surface area contributed by atoms with E-state index in [1.165, 1.54) is 6.07 Å². The molecule has 2 rings (SSSR count). The van der Waals surface area contributed by atoms with Crippen LogP contribution in [0.3, 0.4) is 0 Å². The third-order valence-corrected chi connectivity index (χ3v) is 4.20. The molecule has 2 aromatic carbocycles. The van der Waals surface area contributed by atoms with Gasteiger partial charge in [-0.25, -0.2) is 0 Å². The minimum atomic E-state index is -4.34. The SMILES string of the molecule is FC(F)(F)c1cccc(COc2ccc(Br)c(CBr)c2)c1. The summed E-state index contributed by atoms with van der Waals surface area (Å²) in [6.45, 7) is 0.0906. The molecular formula is C15H11Br2F3O. The Morgan fingerprint density at radius 1 is 1.05 bits per heavy atom. The Hall–Kier alpha value is -1.01. The number of ether oxygens (including phenoxy) is 1. The number of benzene rings is 2. The van der Waals surface area contributed by atoms with Gasteiger partial charge in [-0.1, -0.05) is 44.0 Å². The summed E-state index contributed by atoms with van der Waals surface area (Å²) in [6, 6.07) is 10.6. The van der Waals surface area contributed by atoms with Crippen LogP contribution < -0.4 is 4.74 Å². The molecule has 0 unspecified atom stereocenters. The van der Waals surface area contributed by atoms with Crippen LogP contribution in [-0.4, -0.2) is 0 Å². The van der Waals surface area contributed by atoms with Crippen LogP contribution in [0.4, 0.5) is 13.2 Å². The fraction of sp³-hybridized carbons (Fsp3) is 0.200. The van der Waals surface area contributed by atoms with Crippen molar-refractivity contribution in [3.63, 3.8) is 0 Å². The lowest BCUT2D eigenvalue weighted by Gasteiger charge is -2.11. The van der Waals surface area contributed by atoms with Crippen molar-refractivity contribution in [3.05, 3.63) is 63.6 Å². The minimum Gasteiger partial charge on any atom is -0.489 e. The first-order valence-electron chi connectivity index (χ1n) is 6.03. The van der Waals surface area contributed by atoms with E-state index >= 15 is 0 Å². The van der Waals surface area contributed by atoms with Crippen LogP contribution in [0.2, 0.25) is 0 Å². The minimum absolute atomic E-state index is 0.0906. The van der Waals surface area contributed by atoms with Gasteiger partial charge in [-0.2, -0.15) is 13.2 Å². The van der Waals surface area contributed by atoms with Crippen molar-refractivity contribution >= 4 is 31.9 Å². The van der Waals surface area contributed by atoms with Gasteiger partial charge in [-0.05, 0) is 41.5 Å². The highest BCUT2D eigenvalue weighted by molar-refractivity contribution is 9.10. The maximum absolute atomic E-state index is 12.6. The van der Waals surface area contributed by atoms with Crippen LogP contribution in [0.15, 0.2) is 46.9 Å². The van der Waals surface area contributed by atoms with Crippen molar-refractivity contribution in [1.29, 1.82) is 0 Å². The Labute approximate surface area is 137 Å². The lowest BCUT2D eigenvalue weighted by molar-refractivity contribution is -0.137. The molecule has 0 N–H and O–H groups in total. The molecule has 0 heterocycles. The zero-order valence-corrected chi connectivity index (χ0v) is 13.9. The average molecular weight is 424 g/mol. The molecule has 2 aromatic rings. The summed E-state index contributed by atoms with van der Waals surface area (Å²) in [6.07, 6.45) is -4.34. The summed E-state index contributed by atoms with van der Waals surface area (Å²) in [5.74, 6) is 0.616. The molecule has 0 spiro atoms. The maximum atomic E-state index is 12.6. The quantitative estimate of drug-likeness (QED) is 0.552. The lowest BCUT2D eigenvalue weighted by atomic mass is 10.1. The summed E-state index contributed by atoms with van der Waals surface area (Å²) in [7, 11) is 0. The fourth-order valence-corrected chi connectivity index (χ4v) is 2.97. The Bertz CT molecular complexity index is 627. The second-order valence-corrected chi connectivity index (χ2v) is 5.79. The van der Waals surface area contributed by atoms with E-state index in [1.807, 2.05) is 12.1 Å². The third-order valence-electron chi connectivity index (χ3n) is 2.82. The van der Waals surface area contributed by atoms with Crippen molar-refractivity contribution in [3.8, 4) is 5.75 Å². The third kappa shape index (κ3) is 4.48. The Morgan fingerprint density at radius 3 is 2.48 bits per heavy atom. The first-order valence-corrected chi connectivity index (χ1v) is 7.95. The molecular weight excluding hydrogens is 413 g/mol. The van der Waals surface area contributed by atoms with E-state index in [4.69, 9.17) is 4.74 Å². The van der Waals surface area contributed by atoms with Gasteiger partial charge in [0.25, 0.3) is 0 Å². The molecule has 112 valence electrons. The fourth-order valence-electron chi connectivity index (χ4n) is 1.75. The summed E-state index contributed by atoms with van der Waals surface area (Å²) >= 11 is 6.77. The van der Waals surface area contributed by atoms with Gasteiger partial charge in [0.1, 0.15) is 12.4 Å². The van der Waals surface area contributed by atoms with E-state index in [9.17, 15) is 13.2 Å². The molecule has 0 radical (unpaired) electrons. The molecule has 6 heteroatoms. The highest BCUT2D eigenvalue weighted by atomic mass is 79.9. The number of alkyl halides is 4. The lowest BCUT2D eigenvalue weighted by Crippen LogP contribution is -2.06. The van der Waals surface area contributed by atoms with Gasteiger partial charge in [0.2, 0.25) is 0 Å². The van der Waals surface area contributed by atoms with Gasteiger partial charge in [0.05, 0.1) is 5.56 Å².